The first-order valence-corrected chi connectivity index (χ1v) is 5.50. The molecule has 1 rings (SSSR count). The molecule has 0 unspecified atom stereocenters. The molecule has 0 aromatic heterocycles. The van der Waals surface area contributed by atoms with Gasteiger partial charge in [0.05, 0.1) is 0 Å². The summed E-state index contributed by atoms with van der Waals surface area (Å²) in [5.41, 5.74) is 0.701. The molecule has 0 aliphatic rings. The molecule has 0 aliphatic heterocycles. The zero-order chi connectivity index (χ0) is 12.2. The van der Waals surface area contributed by atoms with Gasteiger partial charge in [-0.15, -0.1) is 0 Å². The monoisotopic (exact) mass is 237 g/mol. The summed E-state index contributed by atoms with van der Waals surface area (Å²) in [5.74, 6) is -0.104. The van der Waals surface area contributed by atoms with Gasteiger partial charge in [0.2, 0.25) is 5.91 Å². The molecule has 1 N–H and O–H groups in total. The fourth-order valence-electron chi connectivity index (χ4n) is 1.19. The number of halogens is 1. The predicted molar refractivity (Wildman–Crippen MR) is 68.4 cm³/mol. The van der Waals surface area contributed by atoms with Gasteiger partial charge in [-0.3, -0.25) is 4.79 Å². The van der Waals surface area contributed by atoms with E-state index in [1.54, 1.807) is 12.1 Å². The van der Waals surface area contributed by atoms with Gasteiger partial charge in [0, 0.05) is 16.6 Å². The molecule has 0 saturated heterocycles. The van der Waals surface area contributed by atoms with Gasteiger partial charge in [-0.25, -0.2) is 0 Å². The summed E-state index contributed by atoms with van der Waals surface area (Å²) in [6, 6.07) is 7.35. The highest BCUT2D eigenvalue weighted by atomic mass is 35.5. The van der Waals surface area contributed by atoms with Crippen LogP contribution >= 0.6 is 11.6 Å². The van der Waals surface area contributed by atoms with Crippen molar-refractivity contribution in [1.82, 2.24) is 5.32 Å². The number of carbonyl (C=O) groups is 1. The third kappa shape index (κ3) is 4.99. The Balaban J connectivity index is 2.64. The van der Waals surface area contributed by atoms with Crippen LogP contribution in [-0.4, -0.2) is 11.4 Å². The molecule has 0 aliphatic carbocycles. The third-order valence-corrected chi connectivity index (χ3v) is 2.01. The Labute approximate surface area is 101 Å². The Hall–Kier alpha value is -1.28. The van der Waals surface area contributed by atoms with Crippen molar-refractivity contribution in [1.29, 1.82) is 0 Å². The molecule has 2 nitrogen and oxygen atoms in total. The topological polar surface area (TPSA) is 29.1 Å². The van der Waals surface area contributed by atoms with E-state index in [1.165, 1.54) is 6.08 Å². The minimum atomic E-state index is -0.213. The van der Waals surface area contributed by atoms with Crippen molar-refractivity contribution in [3.05, 3.63) is 40.9 Å². The first-order valence-electron chi connectivity index (χ1n) is 5.13. The summed E-state index contributed by atoms with van der Waals surface area (Å²) in [6.07, 6.45) is 3.25. The highest BCUT2D eigenvalue weighted by molar-refractivity contribution is 6.30. The minimum Gasteiger partial charge on any atom is -0.348 e. The second kappa shape index (κ2) is 5.17. The minimum absolute atomic E-state index is 0.104. The van der Waals surface area contributed by atoms with Crippen LogP contribution in [0.3, 0.4) is 0 Å². The molecule has 1 amide bonds. The fourth-order valence-corrected chi connectivity index (χ4v) is 1.39. The lowest BCUT2D eigenvalue weighted by Crippen LogP contribution is -2.39. The molecule has 16 heavy (non-hydrogen) atoms. The SMILES string of the molecule is CC(C)(C)NC(=O)C=Cc1cccc(Cl)c1. The van der Waals surface area contributed by atoms with Crippen molar-refractivity contribution in [2.75, 3.05) is 0 Å². The molecule has 86 valence electrons. The second-order valence-electron chi connectivity index (χ2n) is 4.63. The van der Waals surface area contributed by atoms with Gasteiger partial charge >= 0.3 is 0 Å². The average Bonchev–Trinajstić information content (AvgIpc) is 2.12. The van der Waals surface area contributed by atoms with E-state index in [0.29, 0.717) is 5.02 Å². The van der Waals surface area contributed by atoms with Crippen molar-refractivity contribution in [2.45, 2.75) is 26.3 Å². The van der Waals surface area contributed by atoms with Crippen LogP contribution in [0.1, 0.15) is 26.3 Å². The zero-order valence-corrected chi connectivity index (χ0v) is 10.5. The van der Waals surface area contributed by atoms with Crippen LogP contribution in [0.4, 0.5) is 0 Å². The van der Waals surface area contributed by atoms with E-state index in [0.717, 1.165) is 5.56 Å². The summed E-state index contributed by atoms with van der Waals surface area (Å²) >= 11 is 5.83. The van der Waals surface area contributed by atoms with Gasteiger partial charge in [0.1, 0.15) is 0 Å². The van der Waals surface area contributed by atoms with Crippen molar-refractivity contribution in [3.8, 4) is 0 Å². The van der Waals surface area contributed by atoms with Crippen LogP contribution in [0, 0.1) is 0 Å². The van der Waals surface area contributed by atoms with E-state index in [9.17, 15) is 4.79 Å². The van der Waals surface area contributed by atoms with Crippen LogP contribution in [0.5, 0.6) is 0 Å². The van der Waals surface area contributed by atoms with Crippen molar-refractivity contribution < 1.29 is 4.79 Å². The van der Waals surface area contributed by atoms with Gasteiger partial charge < -0.3 is 5.32 Å². The number of amides is 1. The molecule has 0 saturated carbocycles. The number of nitrogens with one attached hydrogen (secondary N) is 1. The molecule has 0 fully saturated rings. The molecular weight excluding hydrogens is 222 g/mol. The van der Waals surface area contributed by atoms with Gasteiger partial charge in [-0.1, -0.05) is 23.7 Å². The van der Waals surface area contributed by atoms with Gasteiger partial charge in [0.15, 0.2) is 0 Å². The predicted octanol–water partition coefficient (Wildman–Crippen LogP) is 3.27. The normalized spacial score (nSPS) is 11.8. The lowest BCUT2D eigenvalue weighted by Gasteiger charge is -2.18. The first-order chi connectivity index (χ1) is 7.37. The van der Waals surface area contributed by atoms with E-state index in [4.69, 9.17) is 11.6 Å². The van der Waals surface area contributed by atoms with E-state index in [2.05, 4.69) is 5.32 Å². The van der Waals surface area contributed by atoms with Crippen LogP contribution in [0.2, 0.25) is 5.02 Å². The Morgan fingerprint density at radius 3 is 2.62 bits per heavy atom. The molecule has 1 aromatic rings. The molecule has 0 atom stereocenters. The Morgan fingerprint density at radius 1 is 1.38 bits per heavy atom. The number of hydrogen-bond acceptors (Lipinski definition) is 1. The van der Waals surface area contributed by atoms with Gasteiger partial charge in [-0.05, 0) is 44.5 Å². The summed E-state index contributed by atoms with van der Waals surface area (Å²) < 4.78 is 0. The van der Waals surface area contributed by atoms with Gasteiger partial charge in [-0.2, -0.15) is 0 Å². The maximum Gasteiger partial charge on any atom is 0.244 e. The van der Waals surface area contributed by atoms with E-state index in [1.807, 2.05) is 39.0 Å². The largest absolute Gasteiger partial charge is 0.348 e. The Morgan fingerprint density at radius 2 is 2.06 bits per heavy atom. The summed E-state index contributed by atoms with van der Waals surface area (Å²) in [4.78, 5) is 11.5. The number of benzene rings is 1. The molecule has 3 heteroatoms. The molecule has 0 heterocycles. The number of carbonyl (C=O) groups excluding carboxylic acids is 1. The van der Waals surface area contributed by atoms with Crippen LogP contribution in [0.25, 0.3) is 6.08 Å². The lowest BCUT2D eigenvalue weighted by molar-refractivity contribution is -0.117. The second-order valence-corrected chi connectivity index (χ2v) is 5.06. The van der Waals surface area contributed by atoms with Crippen LogP contribution < -0.4 is 5.32 Å². The first kappa shape index (κ1) is 12.8. The van der Waals surface area contributed by atoms with Crippen LogP contribution in [0.15, 0.2) is 30.3 Å². The average molecular weight is 238 g/mol. The van der Waals surface area contributed by atoms with Crippen molar-refractivity contribution >= 4 is 23.6 Å². The molecule has 0 bridgehead atoms. The smallest absolute Gasteiger partial charge is 0.244 e. The molecule has 1 aromatic carbocycles. The van der Waals surface area contributed by atoms with E-state index < -0.39 is 0 Å². The Kier molecular flexibility index (Phi) is 4.13. The number of hydrogen-bond donors (Lipinski definition) is 1. The number of rotatable bonds is 2. The highest BCUT2D eigenvalue weighted by Gasteiger charge is 2.10. The van der Waals surface area contributed by atoms with Crippen LogP contribution in [-0.2, 0) is 4.79 Å². The molecule has 0 spiro atoms. The van der Waals surface area contributed by atoms with E-state index in [-0.39, 0.29) is 11.4 Å². The molecule has 0 radical (unpaired) electrons. The standard InChI is InChI=1S/C13H16ClNO/c1-13(2,3)15-12(16)8-7-10-5-4-6-11(14)9-10/h4-9H,1-3H3,(H,15,16). The quantitative estimate of drug-likeness (QED) is 0.786. The van der Waals surface area contributed by atoms with E-state index >= 15 is 0 Å². The summed E-state index contributed by atoms with van der Waals surface area (Å²) in [7, 11) is 0. The zero-order valence-electron chi connectivity index (χ0n) is 9.75. The summed E-state index contributed by atoms with van der Waals surface area (Å²) in [5, 5.41) is 3.51. The fraction of sp³-hybridized carbons (Fsp3) is 0.308. The molecular formula is C13H16ClNO. The maximum atomic E-state index is 11.5. The Bertz CT molecular complexity index is 405. The maximum absolute atomic E-state index is 11.5. The van der Waals surface area contributed by atoms with Gasteiger partial charge in [0.25, 0.3) is 0 Å². The third-order valence-electron chi connectivity index (χ3n) is 1.77. The summed E-state index contributed by atoms with van der Waals surface area (Å²) in [6.45, 7) is 5.83. The van der Waals surface area contributed by atoms with Crippen molar-refractivity contribution in [3.63, 3.8) is 0 Å². The van der Waals surface area contributed by atoms with Crippen molar-refractivity contribution in [2.24, 2.45) is 0 Å². The highest BCUT2D eigenvalue weighted by Crippen LogP contribution is 2.11. The lowest BCUT2D eigenvalue weighted by atomic mass is 10.1.